The minimum Gasteiger partial charge on any atom is -0.313 e. The third kappa shape index (κ3) is 3.58. The molecule has 1 saturated heterocycles. The highest BCUT2D eigenvalue weighted by Crippen LogP contribution is 2.13. The Labute approximate surface area is 87.2 Å². The zero-order chi connectivity index (χ0) is 10.6. The van der Waals surface area contributed by atoms with Gasteiger partial charge in [0.2, 0.25) is 0 Å². The molecule has 0 amide bonds. The van der Waals surface area contributed by atoms with Crippen molar-refractivity contribution in [1.29, 1.82) is 0 Å². The lowest BCUT2D eigenvalue weighted by Gasteiger charge is -2.16. The lowest BCUT2D eigenvalue weighted by Crippen LogP contribution is -2.33. The molecule has 84 valence electrons. The summed E-state index contributed by atoms with van der Waals surface area (Å²) in [6.45, 7) is 5.33. The average Bonchev–Trinajstić information content (AvgIpc) is 2.47. The van der Waals surface area contributed by atoms with Crippen LogP contribution in [0.2, 0.25) is 0 Å². The smallest absolute Gasteiger partial charge is 0.151 e. The van der Waals surface area contributed by atoms with Gasteiger partial charge in [-0.15, -0.1) is 0 Å². The van der Waals surface area contributed by atoms with E-state index in [2.05, 4.69) is 19.2 Å². The number of hydrogen-bond donors (Lipinski definition) is 1. The van der Waals surface area contributed by atoms with Crippen LogP contribution in [-0.4, -0.2) is 32.5 Å². The summed E-state index contributed by atoms with van der Waals surface area (Å²) in [5.74, 6) is 1.40. The molecular weight excluding hydrogens is 198 g/mol. The van der Waals surface area contributed by atoms with Gasteiger partial charge in [-0.25, -0.2) is 8.42 Å². The molecule has 1 atom stereocenters. The number of sulfone groups is 1. The van der Waals surface area contributed by atoms with Crippen LogP contribution in [0.15, 0.2) is 0 Å². The van der Waals surface area contributed by atoms with E-state index in [-0.39, 0.29) is 6.04 Å². The first-order chi connectivity index (χ1) is 6.57. The SMILES string of the molecule is CCC(CC)CNC1CCS(=O)(=O)C1. The second-order valence-electron chi connectivity index (χ2n) is 4.19. The van der Waals surface area contributed by atoms with E-state index in [1.807, 2.05) is 0 Å². The van der Waals surface area contributed by atoms with Crippen molar-refractivity contribution in [3.8, 4) is 0 Å². The van der Waals surface area contributed by atoms with E-state index in [9.17, 15) is 8.42 Å². The summed E-state index contributed by atoms with van der Waals surface area (Å²) in [6, 6.07) is 0.209. The number of nitrogens with one attached hydrogen (secondary N) is 1. The third-order valence-electron chi connectivity index (χ3n) is 3.08. The number of hydrogen-bond acceptors (Lipinski definition) is 3. The van der Waals surface area contributed by atoms with Gasteiger partial charge in [-0.1, -0.05) is 26.7 Å². The summed E-state index contributed by atoms with van der Waals surface area (Å²) in [4.78, 5) is 0. The molecule has 4 heteroatoms. The van der Waals surface area contributed by atoms with Crippen molar-refractivity contribution >= 4 is 9.84 Å². The molecule has 0 spiro atoms. The summed E-state index contributed by atoms with van der Waals surface area (Å²) in [6.07, 6.45) is 3.13. The van der Waals surface area contributed by atoms with Crippen LogP contribution in [0.5, 0.6) is 0 Å². The fraction of sp³-hybridized carbons (Fsp3) is 1.00. The van der Waals surface area contributed by atoms with Gasteiger partial charge in [-0.3, -0.25) is 0 Å². The minimum atomic E-state index is -2.72. The van der Waals surface area contributed by atoms with Gasteiger partial charge in [-0.05, 0) is 18.9 Å². The molecule has 1 rings (SSSR count). The average molecular weight is 219 g/mol. The van der Waals surface area contributed by atoms with E-state index < -0.39 is 9.84 Å². The Morgan fingerprint density at radius 2 is 2.00 bits per heavy atom. The van der Waals surface area contributed by atoms with E-state index >= 15 is 0 Å². The minimum absolute atomic E-state index is 0.209. The van der Waals surface area contributed by atoms with Crippen LogP contribution in [0.1, 0.15) is 33.1 Å². The van der Waals surface area contributed by atoms with Crippen molar-refractivity contribution < 1.29 is 8.42 Å². The van der Waals surface area contributed by atoms with E-state index in [0.29, 0.717) is 17.4 Å². The molecule has 0 bridgehead atoms. The van der Waals surface area contributed by atoms with Crippen molar-refractivity contribution in [2.45, 2.75) is 39.2 Å². The lowest BCUT2D eigenvalue weighted by molar-refractivity contribution is 0.420. The Kier molecular flexibility index (Phi) is 4.38. The topological polar surface area (TPSA) is 46.2 Å². The largest absolute Gasteiger partial charge is 0.313 e. The quantitative estimate of drug-likeness (QED) is 0.756. The molecule has 1 heterocycles. The maximum Gasteiger partial charge on any atom is 0.151 e. The lowest BCUT2D eigenvalue weighted by atomic mass is 10.0. The molecule has 1 unspecified atom stereocenters. The highest BCUT2D eigenvalue weighted by Gasteiger charge is 2.27. The predicted octanol–water partition coefficient (Wildman–Crippen LogP) is 1.20. The standard InChI is InChI=1S/C10H21NO2S/c1-3-9(4-2)7-11-10-5-6-14(12,13)8-10/h9-11H,3-8H2,1-2H3. The summed E-state index contributed by atoms with van der Waals surface area (Å²) >= 11 is 0. The molecule has 0 saturated carbocycles. The molecule has 0 aromatic heterocycles. The molecule has 1 aliphatic rings. The summed E-state index contributed by atoms with van der Waals surface area (Å²) in [5, 5.41) is 3.36. The van der Waals surface area contributed by atoms with Gasteiger partial charge in [-0.2, -0.15) is 0 Å². The van der Waals surface area contributed by atoms with Crippen LogP contribution in [0, 0.1) is 5.92 Å². The summed E-state index contributed by atoms with van der Waals surface area (Å²) < 4.78 is 22.4. The molecule has 0 aromatic carbocycles. The Balaban J connectivity index is 2.26. The van der Waals surface area contributed by atoms with Gasteiger partial charge in [0, 0.05) is 6.04 Å². The number of rotatable bonds is 5. The molecule has 0 aliphatic carbocycles. The fourth-order valence-corrected chi connectivity index (χ4v) is 3.57. The monoisotopic (exact) mass is 219 g/mol. The molecule has 1 fully saturated rings. The molecule has 3 nitrogen and oxygen atoms in total. The summed E-state index contributed by atoms with van der Waals surface area (Å²) in [7, 11) is -2.72. The molecular formula is C10H21NO2S. The Morgan fingerprint density at radius 3 is 2.43 bits per heavy atom. The normalized spacial score (nSPS) is 25.8. The van der Waals surface area contributed by atoms with Crippen molar-refractivity contribution in [1.82, 2.24) is 5.32 Å². The van der Waals surface area contributed by atoms with Crippen molar-refractivity contribution in [2.75, 3.05) is 18.1 Å². The Bertz CT molecular complexity index is 257. The van der Waals surface area contributed by atoms with Crippen LogP contribution in [0.25, 0.3) is 0 Å². The first-order valence-electron chi connectivity index (χ1n) is 5.51. The molecule has 14 heavy (non-hydrogen) atoms. The van der Waals surface area contributed by atoms with Gasteiger partial charge in [0.1, 0.15) is 0 Å². The van der Waals surface area contributed by atoms with Crippen molar-refractivity contribution in [3.05, 3.63) is 0 Å². The third-order valence-corrected chi connectivity index (χ3v) is 4.85. The first-order valence-corrected chi connectivity index (χ1v) is 7.33. The maximum atomic E-state index is 11.2. The fourth-order valence-electron chi connectivity index (χ4n) is 1.87. The van der Waals surface area contributed by atoms with Gasteiger partial charge >= 0.3 is 0 Å². The summed E-state index contributed by atoms with van der Waals surface area (Å²) in [5.41, 5.74) is 0. The van der Waals surface area contributed by atoms with E-state index in [1.165, 1.54) is 12.8 Å². The highest BCUT2D eigenvalue weighted by atomic mass is 32.2. The zero-order valence-corrected chi connectivity index (χ0v) is 9.94. The van der Waals surface area contributed by atoms with Crippen LogP contribution in [-0.2, 0) is 9.84 Å². The van der Waals surface area contributed by atoms with Crippen LogP contribution in [0.3, 0.4) is 0 Å². The molecule has 0 aromatic rings. The van der Waals surface area contributed by atoms with Crippen LogP contribution in [0.4, 0.5) is 0 Å². The zero-order valence-electron chi connectivity index (χ0n) is 9.12. The Morgan fingerprint density at radius 1 is 1.36 bits per heavy atom. The second kappa shape index (κ2) is 5.12. The first kappa shape index (κ1) is 12.0. The van der Waals surface area contributed by atoms with Crippen LogP contribution >= 0.6 is 0 Å². The van der Waals surface area contributed by atoms with Gasteiger partial charge in [0.25, 0.3) is 0 Å². The van der Waals surface area contributed by atoms with Gasteiger partial charge in [0.15, 0.2) is 9.84 Å². The molecule has 1 aliphatic heterocycles. The molecule has 0 radical (unpaired) electrons. The van der Waals surface area contributed by atoms with Crippen molar-refractivity contribution in [2.24, 2.45) is 5.92 Å². The highest BCUT2D eigenvalue weighted by molar-refractivity contribution is 7.91. The van der Waals surface area contributed by atoms with Gasteiger partial charge in [0.05, 0.1) is 11.5 Å². The second-order valence-corrected chi connectivity index (χ2v) is 6.42. The van der Waals surface area contributed by atoms with Crippen LogP contribution < -0.4 is 5.32 Å². The van der Waals surface area contributed by atoms with Crippen molar-refractivity contribution in [3.63, 3.8) is 0 Å². The molecule has 1 N–H and O–H groups in total. The van der Waals surface area contributed by atoms with E-state index in [0.717, 1.165) is 13.0 Å². The van der Waals surface area contributed by atoms with E-state index in [1.54, 1.807) is 0 Å². The van der Waals surface area contributed by atoms with E-state index in [4.69, 9.17) is 0 Å². The van der Waals surface area contributed by atoms with Gasteiger partial charge < -0.3 is 5.32 Å². The maximum absolute atomic E-state index is 11.2. The Hall–Kier alpha value is -0.0900. The predicted molar refractivity (Wildman–Crippen MR) is 59.1 cm³/mol.